The molecule has 0 aliphatic carbocycles. The first-order valence-corrected chi connectivity index (χ1v) is 8.87. The molecule has 1 aromatic heterocycles. The molecular weight excluding hydrogens is 308 g/mol. The van der Waals surface area contributed by atoms with Crippen LogP contribution in [-0.4, -0.2) is 46.7 Å². The Bertz CT molecular complexity index is 634. The molecule has 2 aromatic rings. The molecule has 1 amide bonds. The quantitative estimate of drug-likeness (QED) is 0.816. The fourth-order valence-corrected chi connectivity index (χ4v) is 3.23. The topological polar surface area (TPSA) is 75.0 Å². The molecule has 5 nitrogen and oxygen atoms in total. The van der Waals surface area contributed by atoms with Crippen LogP contribution < -0.4 is 5.73 Å². The van der Waals surface area contributed by atoms with E-state index in [1.54, 1.807) is 16.7 Å². The average Bonchev–Trinajstić information content (AvgIpc) is 2.95. The molecule has 0 saturated carbocycles. The van der Waals surface area contributed by atoms with Gasteiger partial charge in [-0.2, -0.15) is 0 Å². The molecule has 23 heavy (non-hydrogen) atoms. The molecule has 1 aromatic carbocycles. The number of hydrogen-bond donors (Lipinski definition) is 2. The Balaban J connectivity index is 1.90. The van der Waals surface area contributed by atoms with Gasteiger partial charge >= 0.3 is 0 Å². The predicted molar refractivity (Wildman–Crippen MR) is 97.4 cm³/mol. The van der Waals surface area contributed by atoms with Crippen LogP contribution in [0.5, 0.6) is 0 Å². The van der Waals surface area contributed by atoms with E-state index >= 15 is 0 Å². The summed E-state index contributed by atoms with van der Waals surface area (Å²) in [6.07, 6.45) is 0. The Hall–Kier alpha value is -1.53. The summed E-state index contributed by atoms with van der Waals surface area (Å²) in [5.74, 6) is 1.48. The number of nitrogens with zero attached hydrogens (tertiary/aromatic N) is 2. The van der Waals surface area contributed by atoms with Crippen molar-refractivity contribution < 1.29 is 4.79 Å². The molecule has 0 radical (unpaired) electrons. The Morgan fingerprint density at radius 1 is 1.43 bits per heavy atom. The molecule has 0 aliphatic rings. The number of fused-ring (bicyclic) bond motifs is 1. The van der Waals surface area contributed by atoms with Gasteiger partial charge in [-0.25, -0.2) is 4.98 Å². The van der Waals surface area contributed by atoms with Gasteiger partial charge in [0.1, 0.15) is 5.82 Å². The zero-order valence-electron chi connectivity index (χ0n) is 14.3. The molecule has 0 spiro atoms. The maximum atomic E-state index is 12.3. The number of aromatic amines is 1. The van der Waals surface area contributed by atoms with E-state index in [0.29, 0.717) is 18.8 Å². The van der Waals surface area contributed by atoms with Crippen LogP contribution in [0, 0.1) is 5.41 Å². The smallest absolute Gasteiger partial charge is 0.232 e. The Morgan fingerprint density at radius 3 is 2.78 bits per heavy atom. The van der Waals surface area contributed by atoms with Gasteiger partial charge in [0.15, 0.2) is 0 Å². The lowest BCUT2D eigenvalue weighted by molar-refractivity contribution is -0.128. The minimum Gasteiger partial charge on any atom is -0.344 e. The fourth-order valence-electron chi connectivity index (χ4n) is 2.35. The van der Waals surface area contributed by atoms with Crippen LogP contribution in [0.4, 0.5) is 0 Å². The number of aromatic nitrogens is 2. The number of benzene rings is 1. The molecule has 1 atom stereocenters. The second-order valence-electron chi connectivity index (χ2n) is 6.71. The van der Waals surface area contributed by atoms with Gasteiger partial charge in [-0.1, -0.05) is 26.0 Å². The second kappa shape index (κ2) is 7.36. The van der Waals surface area contributed by atoms with E-state index in [2.05, 4.69) is 30.7 Å². The van der Waals surface area contributed by atoms with Crippen LogP contribution >= 0.6 is 11.8 Å². The molecule has 126 valence electrons. The molecule has 0 bridgehead atoms. The largest absolute Gasteiger partial charge is 0.344 e. The minimum atomic E-state index is -0.0561. The summed E-state index contributed by atoms with van der Waals surface area (Å²) < 4.78 is 0. The van der Waals surface area contributed by atoms with E-state index in [1.807, 2.05) is 31.3 Å². The van der Waals surface area contributed by atoms with Crippen molar-refractivity contribution in [3.63, 3.8) is 0 Å². The van der Waals surface area contributed by atoms with E-state index in [-0.39, 0.29) is 16.6 Å². The normalized spacial score (nSPS) is 13.3. The molecule has 0 saturated heterocycles. The van der Waals surface area contributed by atoms with Crippen molar-refractivity contribution in [2.45, 2.75) is 26.0 Å². The molecule has 6 heteroatoms. The van der Waals surface area contributed by atoms with Crippen molar-refractivity contribution in [2.75, 3.05) is 25.9 Å². The van der Waals surface area contributed by atoms with E-state index in [1.165, 1.54) is 0 Å². The summed E-state index contributed by atoms with van der Waals surface area (Å²) in [4.78, 5) is 22.0. The van der Waals surface area contributed by atoms with E-state index in [4.69, 9.17) is 5.73 Å². The van der Waals surface area contributed by atoms with Crippen molar-refractivity contribution in [1.82, 2.24) is 14.9 Å². The van der Waals surface area contributed by atoms with E-state index in [0.717, 1.165) is 16.9 Å². The summed E-state index contributed by atoms with van der Waals surface area (Å²) in [6.45, 7) is 7.44. The summed E-state index contributed by atoms with van der Waals surface area (Å²) in [5.41, 5.74) is 7.67. The number of rotatable bonds is 7. The Morgan fingerprint density at radius 2 is 2.13 bits per heavy atom. The molecule has 2 rings (SSSR count). The van der Waals surface area contributed by atoms with Crippen LogP contribution in [0.15, 0.2) is 24.3 Å². The molecule has 0 fully saturated rings. The lowest BCUT2D eigenvalue weighted by Crippen LogP contribution is -2.40. The third-order valence-corrected chi connectivity index (χ3v) is 5.03. The Labute approximate surface area is 142 Å². The van der Waals surface area contributed by atoms with Crippen molar-refractivity contribution in [1.29, 1.82) is 0 Å². The zero-order chi connectivity index (χ0) is 17.0. The van der Waals surface area contributed by atoms with Crippen molar-refractivity contribution in [3.05, 3.63) is 30.1 Å². The number of imidazole rings is 1. The average molecular weight is 334 g/mol. The first-order chi connectivity index (χ1) is 10.8. The van der Waals surface area contributed by atoms with Crippen LogP contribution in [-0.2, 0) is 4.79 Å². The van der Waals surface area contributed by atoms with Crippen molar-refractivity contribution in [3.8, 4) is 0 Å². The van der Waals surface area contributed by atoms with Crippen LogP contribution in [0.3, 0.4) is 0 Å². The number of amides is 1. The van der Waals surface area contributed by atoms with Crippen molar-refractivity contribution in [2.24, 2.45) is 11.1 Å². The highest BCUT2D eigenvalue weighted by atomic mass is 32.2. The number of para-hydroxylation sites is 2. The van der Waals surface area contributed by atoms with Gasteiger partial charge in [-0.3, -0.25) is 4.79 Å². The highest BCUT2D eigenvalue weighted by Crippen LogP contribution is 2.28. The summed E-state index contributed by atoms with van der Waals surface area (Å²) in [7, 11) is 1.84. The predicted octanol–water partition coefficient (Wildman–Crippen LogP) is 2.80. The third-order valence-electron chi connectivity index (χ3n) is 3.89. The number of nitrogens with one attached hydrogen (secondary N) is 1. The van der Waals surface area contributed by atoms with Crippen LogP contribution in [0.25, 0.3) is 11.0 Å². The monoisotopic (exact) mass is 334 g/mol. The molecular formula is C17H26N4OS. The summed E-state index contributed by atoms with van der Waals surface area (Å²) in [5, 5.41) is 0.141. The number of H-pyrrole nitrogens is 1. The fraction of sp³-hybridized carbons (Fsp3) is 0.529. The van der Waals surface area contributed by atoms with Gasteiger partial charge < -0.3 is 15.6 Å². The number of carbonyl (C=O) groups excluding carboxylic acids is 1. The second-order valence-corrected chi connectivity index (χ2v) is 8.04. The van der Waals surface area contributed by atoms with E-state index < -0.39 is 0 Å². The molecule has 0 aliphatic heterocycles. The van der Waals surface area contributed by atoms with Gasteiger partial charge in [0.2, 0.25) is 5.91 Å². The first-order valence-electron chi connectivity index (χ1n) is 7.83. The maximum absolute atomic E-state index is 12.3. The minimum absolute atomic E-state index is 0.0561. The highest BCUT2D eigenvalue weighted by molar-refractivity contribution is 8.00. The van der Waals surface area contributed by atoms with Crippen LogP contribution in [0.1, 0.15) is 31.8 Å². The Kier molecular flexibility index (Phi) is 5.70. The SMILES string of the molecule is CC(SCC(=O)N(C)CC(C)(C)CN)c1nc2ccccc2[nH]1. The number of thioether (sulfide) groups is 1. The van der Waals surface area contributed by atoms with Crippen LogP contribution in [0.2, 0.25) is 0 Å². The lowest BCUT2D eigenvalue weighted by Gasteiger charge is -2.29. The summed E-state index contributed by atoms with van der Waals surface area (Å²) in [6, 6.07) is 7.96. The number of nitrogens with two attached hydrogens (primary N) is 1. The van der Waals surface area contributed by atoms with Gasteiger partial charge in [0, 0.05) is 13.6 Å². The highest BCUT2D eigenvalue weighted by Gasteiger charge is 2.22. The molecule has 3 N–H and O–H groups in total. The number of hydrogen-bond acceptors (Lipinski definition) is 4. The van der Waals surface area contributed by atoms with Gasteiger partial charge in [0.05, 0.1) is 22.0 Å². The van der Waals surface area contributed by atoms with Gasteiger partial charge in [-0.15, -0.1) is 11.8 Å². The third kappa shape index (κ3) is 4.72. The van der Waals surface area contributed by atoms with Crippen molar-refractivity contribution >= 4 is 28.7 Å². The summed E-state index contributed by atoms with van der Waals surface area (Å²) >= 11 is 1.60. The molecule has 1 heterocycles. The first kappa shape index (κ1) is 17.8. The van der Waals surface area contributed by atoms with E-state index in [9.17, 15) is 4.79 Å². The van der Waals surface area contributed by atoms with Gasteiger partial charge in [0.25, 0.3) is 0 Å². The molecule has 1 unspecified atom stereocenters. The lowest BCUT2D eigenvalue weighted by atomic mass is 9.93. The zero-order valence-corrected chi connectivity index (χ0v) is 15.1. The van der Waals surface area contributed by atoms with Gasteiger partial charge in [-0.05, 0) is 31.0 Å². The standard InChI is InChI=1S/C17H26N4OS/c1-12(16-19-13-7-5-6-8-14(13)20-16)23-9-15(22)21(4)11-17(2,3)10-18/h5-8,12H,9-11,18H2,1-4H3,(H,19,20). The maximum Gasteiger partial charge on any atom is 0.232 e. The number of carbonyl (C=O) groups is 1.